The summed E-state index contributed by atoms with van der Waals surface area (Å²) in [6, 6.07) is 3.95. The molecular formula is C22H28ClN5O2. The van der Waals surface area contributed by atoms with Crippen molar-refractivity contribution in [1.82, 2.24) is 24.6 Å². The van der Waals surface area contributed by atoms with Gasteiger partial charge in [0, 0.05) is 26.2 Å². The number of hydrogen-bond donors (Lipinski definition) is 0. The van der Waals surface area contributed by atoms with Crippen LogP contribution in [0.1, 0.15) is 44.3 Å². The number of halogens is 1. The molecule has 160 valence electrons. The zero-order chi connectivity index (χ0) is 20.3. The van der Waals surface area contributed by atoms with E-state index in [1.54, 1.807) is 12.6 Å². The average molecular weight is 430 g/mol. The van der Waals surface area contributed by atoms with Crippen molar-refractivity contribution in [1.29, 1.82) is 0 Å². The maximum Gasteiger partial charge on any atom is 0.242 e. The third kappa shape index (κ3) is 3.01. The van der Waals surface area contributed by atoms with Gasteiger partial charge < -0.3 is 9.32 Å². The molecule has 2 aromatic heterocycles. The molecule has 2 unspecified atom stereocenters. The first-order chi connectivity index (χ1) is 14.5. The number of aromatic nitrogens is 3. The molecule has 3 heterocycles. The monoisotopic (exact) mass is 429 g/mol. The van der Waals surface area contributed by atoms with Gasteiger partial charge in [0.05, 0.1) is 23.8 Å². The Morgan fingerprint density at radius 1 is 1.17 bits per heavy atom. The first-order valence-electron chi connectivity index (χ1n) is 11.2. The minimum absolute atomic E-state index is 0.0823. The Morgan fingerprint density at radius 3 is 2.57 bits per heavy atom. The van der Waals surface area contributed by atoms with Crippen LogP contribution >= 0.6 is 11.6 Å². The average Bonchev–Trinajstić information content (AvgIpc) is 3.39. The second-order valence-electron chi connectivity index (χ2n) is 10.1. The second kappa shape index (κ2) is 6.82. The third-order valence-electron chi connectivity index (χ3n) is 8.05. The lowest BCUT2D eigenvalue weighted by molar-refractivity contribution is -0.168. The molecule has 2 atom stereocenters. The van der Waals surface area contributed by atoms with Crippen molar-refractivity contribution in [3.05, 3.63) is 35.8 Å². The summed E-state index contributed by atoms with van der Waals surface area (Å²) in [5, 5.41) is 4.78. The van der Waals surface area contributed by atoms with Gasteiger partial charge in [0.2, 0.25) is 11.2 Å². The Kier molecular flexibility index (Phi) is 4.29. The van der Waals surface area contributed by atoms with E-state index in [1.807, 2.05) is 16.8 Å². The van der Waals surface area contributed by atoms with E-state index in [-0.39, 0.29) is 11.0 Å². The number of carbonyl (C=O) groups is 1. The van der Waals surface area contributed by atoms with E-state index in [1.165, 1.54) is 6.42 Å². The molecule has 4 aliphatic carbocycles. The van der Waals surface area contributed by atoms with Crippen LogP contribution in [-0.4, -0.2) is 56.7 Å². The van der Waals surface area contributed by atoms with Gasteiger partial charge in [-0.15, -0.1) is 5.10 Å². The zero-order valence-corrected chi connectivity index (χ0v) is 17.9. The molecule has 1 saturated heterocycles. The highest BCUT2D eigenvalue weighted by atomic mass is 35.5. The van der Waals surface area contributed by atoms with Crippen LogP contribution in [0.15, 0.2) is 29.1 Å². The summed E-state index contributed by atoms with van der Waals surface area (Å²) in [7, 11) is 0. The van der Waals surface area contributed by atoms with Crippen molar-refractivity contribution in [3.63, 3.8) is 0 Å². The Balaban J connectivity index is 1.19. The maximum absolute atomic E-state index is 13.9. The van der Waals surface area contributed by atoms with Crippen molar-refractivity contribution in [2.75, 3.05) is 26.2 Å². The first kappa shape index (κ1) is 18.9. The van der Waals surface area contributed by atoms with Crippen molar-refractivity contribution in [2.45, 2.75) is 50.6 Å². The number of furan rings is 1. The van der Waals surface area contributed by atoms with Crippen LogP contribution in [0.25, 0.3) is 0 Å². The molecule has 2 aromatic rings. The molecule has 0 spiro atoms. The summed E-state index contributed by atoms with van der Waals surface area (Å²) in [5.41, 5.74) is -0.313. The first-order valence-corrected chi connectivity index (χ1v) is 11.5. The third-order valence-corrected chi connectivity index (χ3v) is 8.23. The lowest BCUT2D eigenvalue weighted by Crippen LogP contribution is -2.62. The number of nitrogens with zero attached hydrogens (tertiary/aromatic N) is 5. The minimum Gasteiger partial charge on any atom is -0.468 e. The Hall–Kier alpha value is -1.86. The van der Waals surface area contributed by atoms with Gasteiger partial charge in [-0.2, -0.15) is 0 Å². The highest BCUT2D eigenvalue weighted by Crippen LogP contribution is 2.64. The van der Waals surface area contributed by atoms with Crippen LogP contribution in [0.5, 0.6) is 0 Å². The Morgan fingerprint density at radius 2 is 1.93 bits per heavy atom. The maximum atomic E-state index is 13.9. The fraction of sp³-hybridized carbons (Fsp3) is 0.682. The van der Waals surface area contributed by atoms with Gasteiger partial charge in [-0.05, 0) is 74.1 Å². The molecule has 0 aromatic carbocycles. The van der Waals surface area contributed by atoms with Crippen LogP contribution in [0, 0.1) is 17.3 Å². The van der Waals surface area contributed by atoms with Gasteiger partial charge in [-0.1, -0.05) is 0 Å². The van der Waals surface area contributed by atoms with Gasteiger partial charge in [-0.3, -0.25) is 9.69 Å². The molecule has 0 N–H and O–H groups in total. The molecule has 5 aliphatic rings. The molecule has 7 nitrogen and oxygen atoms in total. The molecular weight excluding hydrogens is 402 g/mol. The van der Waals surface area contributed by atoms with Crippen LogP contribution < -0.4 is 0 Å². The lowest BCUT2D eigenvalue weighted by atomic mass is 9.46. The van der Waals surface area contributed by atoms with Crippen LogP contribution in [0.4, 0.5) is 0 Å². The molecule has 1 aliphatic heterocycles. The number of piperazine rings is 1. The number of hydrogen-bond acceptors (Lipinski definition) is 5. The van der Waals surface area contributed by atoms with Crippen LogP contribution in [0.2, 0.25) is 5.28 Å². The zero-order valence-electron chi connectivity index (χ0n) is 17.2. The van der Waals surface area contributed by atoms with E-state index < -0.39 is 0 Å². The highest BCUT2D eigenvalue weighted by molar-refractivity contribution is 6.28. The normalized spacial score (nSPS) is 35.8. The fourth-order valence-electron chi connectivity index (χ4n) is 7.27. The van der Waals surface area contributed by atoms with E-state index in [2.05, 4.69) is 19.9 Å². The van der Waals surface area contributed by atoms with Gasteiger partial charge in [0.25, 0.3) is 0 Å². The van der Waals surface area contributed by atoms with Gasteiger partial charge in [0.15, 0.2) is 0 Å². The summed E-state index contributed by atoms with van der Waals surface area (Å²) < 4.78 is 7.48. The lowest BCUT2D eigenvalue weighted by Gasteiger charge is -2.61. The number of amides is 1. The molecule has 1 amide bonds. The molecule has 7 rings (SSSR count). The van der Waals surface area contributed by atoms with Gasteiger partial charge in [-0.25, -0.2) is 9.67 Å². The summed E-state index contributed by atoms with van der Waals surface area (Å²) >= 11 is 6.05. The number of carbonyl (C=O) groups excluding carboxylic acids is 1. The van der Waals surface area contributed by atoms with Crippen LogP contribution in [-0.2, 0) is 16.9 Å². The van der Waals surface area contributed by atoms with Crippen molar-refractivity contribution < 1.29 is 9.21 Å². The van der Waals surface area contributed by atoms with Crippen molar-refractivity contribution in [2.24, 2.45) is 17.3 Å². The van der Waals surface area contributed by atoms with Crippen molar-refractivity contribution >= 4 is 17.5 Å². The molecule has 30 heavy (non-hydrogen) atoms. The van der Waals surface area contributed by atoms with E-state index >= 15 is 0 Å². The minimum atomic E-state index is -0.230. The standard InChI is InChI=1S/C22H28ClN5O2/c23-20-24-15-28(25-20)22-11-16-8-17(12-22)10-21(9-16,14-22)19(29)27-5-3-26(4-6-27)13-18-2-1-7-30-18/h1-2,7,15-17H,3-6,8-14H2. The summed E-state index contributed by atoms with van der Waals surface area (Å²) in [4.78, 5) is 22.6. The van der Waals surface area contributed by atoms with Crippen LogP contribution in [0.3, 0.4) is 0 Å². The summed E-state index contributed by atoms with van der Waals surface area (Å²) in [5.74, 6) is 2.59. The predicted octanol–water partition coefficient (Wildman–Crippen LogP) is 3.16. The smallest absolute Gasteiger partial charge is 0.242 e. The Labute approximate surface area is 181 Å². The topological polar surface area (TPSA) is 67.4 Å². The quantitative estimate of drug-likeness (QED) is 0.746. The molecule has 5 fully saturated rings. The SMILES string of the molecule is O=C(N1CCN(Cc2ccco2)CC1)C12CC3CC(C1)CC(n1cnc(Cl)n1)(C3)C2. The molecule has 4 bridgehead atoms. The Bertz CT molecular complexity index is 919. The summed E-state index contributed by atoms with van der Waals surface area (Å²) in [6.45, 7) is 4.23. The summed E-state index contributed by atoms with van der Waals surface area (Å²) in [6.07, 6.45) is 9.94. The van der Waals surface area contributed by atoms with E-state index in [0.717, 1.165) is 70.6 Å². The van der Waals surface area contributed by atoms with Gasteiger partial charge >= 0.3 is 0 Å². The highest BCUT2D eigenvalue weighted by Gasteiger charge is 2.62. The number of rotatable bonds is 4. The molecule has 0 radical (unpaired) electrons. The molecule has 4 saturated carbocycles. The van der Waals surface area contributed by atoms with E-state index in [0.29, 0.717) is 23.0 Å². The molecule has 8 heteroatoms. The van der Waals surface area contributed by atoms with Gasteiger partial charge in [0.1, 0.15) is 12.1 Å². The van der Waals surface area contributed by atoms with E-state index in [4.69, 9.17) is 16.0 Å². The second-order valence-corrected chi connectivity index (χ2v) is 10.4. The predicted molar refractivity (Wildman–Crippen MR) is 111 cm³/mol. The van der Waals surface area contributed by atoms with E-state index in [9.17, 15) is 4.79 Å². The fourth-order valence-corrected chi connectivity index (χ4v) is 7.40. The van der Waals surface area contributed by atoms with Crippen molar-refractivity contribution in [3.8, 4) is 0 Å². The largest absolute Gasteiger partial charge is 0.468 e.